The molecule has 0 aliphatic rings. The molecule has 0 unspecified atom stereocenters. The maximum absolute atomic E-state index is 13.7. The van der Waals surface area contributed by atoms with Crippen LogP contribution in [0.25, 0.3) is 0 Å². The highest BCUT2D eigenvalue weighted by molar-refractivity contribution is 9.10. The summed E-state index contributed by atoms with van der Waals surface area (Å²) in [5.74, 6) is -1.95. The molecule has 0 spiro atoms. The minimum atomic E-state index is -0.842. The lowest BCUT2D eigenvalue weighted by atomic mass is 9.99. The fourth-order valence-electron chi connectivity index (χ4n) is 1.85. The van der Waals surface area contributed by atoms with Crippen molar-refractivity contribution in [1.29, 1.82) is 0 Å². The van der Waals surface area contributed by atoms with E-state index in [9.17, 15) is 13.6 Å². The minimum Gasteiger partial charge on any atom is -0.288 e. The van der Waals surface area contributed by atoms with Crippen molar-refractivity contribution in [1.82, 2.24) is 0 Å². The lowest BCUT2D eigenvalue weighted by Gasteiger charge is -2.07. The molecule has 98 valence electrons. The molecule has 0 N–H and O–H groups in total. The molecule has 0 fully saturated rings. The molecule has 4 heteroatoms. The number of aryl methyl sites for hydroxylation is 2. The zero-order valence-corrected chi connectivity index (χ0v) is 12.0. The van der Waals surface area contributed by atoms with Gasteiger partial charge in [0.05, 0.1) is 5.56 Å². The molecule has 0 saturated heterocycles. The van der Waals surface area contributed by atoms with Gasteiger partial charge in [0.2, 0.25) is 0 Å². The molecule has 0 atom stereocenters. The number of benzene rings is 2. The van der Waals surface area contributed by atoms with E-state index in [0.29, 0.717) is 5.56 Å². The summed E-state index contributed by atoms with van der Waals surface area (Å²) < 4.78 is 27.6. The number of rotatable bonds is 2. The molecule has 0 aromatic heterocycles. The summed E-state index contributed by atoms with van der Waals surface area (Å²) in [5, 5.41) is 0. The number of halogens is 3. The van der Waals surface area contributed by atoms with Crippen LogP contribution >= 0.6 is 15.9 Å². The van der Waals surface area contributed by atoms with E-state index in [-0.39, 0.29) is 11.1 Å². The monoisotopic (exact) mass is 324 g/mol. The molecule has 0 saturated carbocycles. The van der Waals surface area contributed by atoms with Crippen molar-refractivity contribution in [3.05, 3.63) is 68.7 Å². The third-order valence-corrected chi connectivity index (χ3v) is 3.26. The van der Waals surface area contributed by atoms with Crippen molar-refractivity contribution in [2.45, 2.75) is 13.8 Å². The van der Waals surface area contributed by atoms with Gasteiger partial charge in [-0.15, -0.1) is 0 Å². The predicted octanol–water partition coefficient (Wildman–Crippen LogP) is 4.58. The fourth-order valence-corrected chi connectivity index (χ4v) is 2.46. The molecule has 19 heavy (non-hydrogen) atoms. The van der Waals surface area contributed by atoms with Gasteiger partial charge in [0.25, 0.3) is 0 Å². The summed E-state index contributed by atoms with van der Waals surface area (Å²) >= 11 is 3.29. The number of carbonyl (C=O) groups is 1. The van der Waals surface area contributed by atoms with Gasteiger partial charge < -0.3 is 0 Å². The third kappa shape index (κ3) is 2.89. The molecule has 0 aliphatic heterocycles. The highest BCUT2D eigenvalue weighted by atomic mass is 79.9. The van der Waals surface area contributed by atoms with Gasteiger partial charge in [-0.05, 0) is 49.2 Å². The predicted molar refractivity (Wildman–Crippen MR) is 73.4 cm³/mol. The average molecular weight is 325 g/mol. The maximum Gasteiger partial charge on any atom is 0.196 e. The molecule has 0 heterocycles. The van der Waals surface area contributed by atoms with Crippen LogP contribution in [0.3, 0.4) is 0 Å². The molecule has 1 nitrogen and oxygen atoms in total. The van der Waals surface area contributed by atoms with Crippen LogP contribution in [0, 0.1) is 25.5 Å². The third-order valence-electron chi connectivity index (χ3n) is 2.80. The topological polar surface area (TPSA) is 17.1 Å². The van der Waals surface area contributed by atoms with E-state index in [0.717, 1.165) is 16.1 Å². The van der Waals surface area contributed by atoms with Crippen LogP contribution in [0.4, 0.5) is 8.78 Å². The van der Waals surface area contributed by atoms with E-state index in [4.69, 9.17) is 0 Å². The second kappa shape index (κ2) is 5.21. The van der Waals surface area contributed by atoms with Gasteiger partial charge in [-0.2, -0.15) is 0 Å². The number of hydrogen-bond donors (Lipinski definition) is 0. The second-order valence-electron chi connectivity index (χ2n) is 4.43. The molecular weight excluding hydrogens is 314 g/mol. The second-order valence-corrected chi connectivity index (χ2v) is 5.34. The van der Waals surface area contributed by atoms with Crippen molar-refractivity contribution in [2.75, 3.05) is 0 Å². The summed E-state index contributed by atoms with van der Waals surface area (Å²) in [6, 6.07) is 7.12. The van der Waals surface area contributed by atoms with Crippen LogP contribution in [0.15, 0.2) is 34.8 Å². The molecule has 0 aliphatic carbocycles. The van der Waals surface area contributed by atoms with E-state index in [1.807, 2.05) is 13.0 Å². The summed E-state index contributed by atoms with van der Waals surface area (Å²) in [6.07, 6.45) is 0. The normalized spacial score (nSPS) is 10.6. The molecule has 0 radical (unpaired) electrons. The largest absolute Gasteiger partial charge is 0.288 e. The first-order valence-corrected chi connectivity index (χ1v) is 6.45. The van der Waals surface area contributed by atoms with Gasteiger partial charge in [0, 0.05) is 16.1 Å². The Labute approximate surface area is 118 Å². The van der Waals surface area contributed by atoms with E-state index >= 15 is 0 Å². The number of ketones is 1. The highest BCUT2D eigenvalue weighted by Crippen LogP contribution is 2.21. The van der Waals surface area contributed by atoms with Crippen molar-refractivity contribution in [3.8, 4) is 0 Å². The van der Waals surface area contributed by atoms with Crippen molar-refractivity contribution < 1.29 is 13.6 Å². The summed E-state index contributed by atoms with van der Waals surface area (Å²) in [7, 11) is 0. The SMILES string of the molecule is Cc1cc(Br)cc(C(=O)c2cc(C)c(F)cc2F)c1. The Bertz CT molecular complexity index is 645. The Morgan fingerprint density at radius 3 is 2.32 bits per heavy atom. The van der Waals surface area contributed by atoms with Crippen LogP contribution in [-0.2, 0) is 0 Å². The van der Waals surface area contributed by atoms with Crippen molar-refractivity contribution >= 4 is 21.7 Å². The standard InChI is InChI=1S/C15H11BrF2O/c1-8-3-10(6-11(16)4-8)15(19)12-5-9(2)13(17)7-14(12)18/h3-7H,1-2H3. The van der Waals surface area contributed by atoms with E-state index in [1.165, 1.54) is 13.0 Å². The lowest BCUT2D eigenvalue weighted by Crippen LogP contribution is -2.06. The summed E-state index contributed by atoms with van der Waals surface area (Å²) in [4.78, 5) is 12.3. The first kappa shape index (κ1) is 13.9. The molecule has 2 aromatic rings. The van der Waals surface area contributed by atoms with E-state index < -0.39 is 17.4 Å². The molecule has 0 amide bonds. The Balaban J connectivity index is 2.53. The average Bonchev–Trinajstić information content (AvgIpc) is 2.31. The Morgan fingerprint density at radius 2 is 1.68 bits per heavy atom. The van der Waals surface area contributed by atoms with Crippen LogP contribution in [-0.4, -0.2) is 5.78 Å². The van der Waals surface area contributed by atoms with Crippen LogP contribution in [0.5, 0.6) is 0 Å². The van der Waals surface area contributed by atoms with Crippen molar-refractivity contribution in [3.63, 3.8) is 0 Å². The van der Waals surface area contributed by atoms with Gasteiger partial charge in [0.15, 0.2) is 5.78 Å². The summed E-state index contributed by atoms with van der Waals surface area (Å²) in [5.41, 5.74) is 1.39. The molecular formula is C15H11BrF2O. The maximum atomic E-state index is 13.7. The summed E-state index contributed by atoms with van der Waals surface area (Å²) in [6.45, 7) is 3.34. The van der Waals surface area contributed by atoms with Crippen LogP contribution < -0.4 is 0 Å². The van der Waals surface area contributed by atoms with Crippen molar-refractivity contribution in [2.24, 2.45) is 0 Å². The Kier molecular flexibility index (Phi) is 3.80. The Hall–Kier alpha value is -1.55. The zero-order chi connectivity index (χ0) is 14.2. The zero-order valence-electron chi connectivity index (χ0n) is 10.4. The molecule has 2 aromatic carbocycles. The smallest absolute Gasteiger partial charge is 0.196 e. The minimum absolute atomic E-state index is 0.114. The fraction of sp³-hybridized carbons (Fsp3) is 0.133. The quantitative estimate of drug-likeness (QED) is 0.739. The van der Waals surface area contributed by atoms with Gasteiger partial charge in [-0.1, -0.05) is 15.9 Å². The van der Waals surface area contributed by atoms with Gasteiger partial charge in [0.1, 0.15) is 11.6 Å². The first-order valence-electron chi connectivity index (χ1n) is 5.66. The van der Waals surface area contributed by atoms with Crippen LogP contribution in [0.2, 0.25) is 0 Å². The molecule has 0 bridgehead atoms. The van der Waals surface area contributed by atoms with Gasteiger partial charge in [-0.3, -0.25) is 4.79 Å². The number of hydrogen-bond acceptors (Lipinski definition) is 1. The van der Waals surface area contributed by atoms with E-state index in [1.54, 1.807) is 12.1 Å². The lowest BCUT2D eigenvalue weighted by molar-refractivity contribution is 0.103. The number of carbonyl (C=O) groups excluding carboxylic acids is 1. The van der Waals surface area contributed by atoms with Gasteiger partial charge >= 0.3 is 0 Å². The highest BCUT2D eigenvalue weighted by Gasteiger charge is 2.17. The molecule has 2 rings (SSSR count). The Morgan fingerprint density at radius 1 is 1.00 bits per heavy atom. The van der Waals surface area contributed by atoms with Gasteiger partial charge in [-0.25, -0.2) is 8.78 Å². The first-order chi connectivity index (χ1) is 8.88. The van der Waals surface area contributed by atoms with Crippen LogP contribution in [0.1, 0.15) is 27.0 Å². The van der Waals surface area contributed by atoms with E-state index in [2.05, 4.69) is 15.9 Å².